The third-order valence-electron chi connectivity index (χ3n) is 3.41. The summed E-state index contributed by atoms with van der Waals surface area (Å²) >= 11 is 0. The van der Waals surface area contributed by atoms with Crippen LogP contribution < -0.4 is 0 Å². The number of hydrogen-bond donors (Lipinski definition) is 0. The summed E-state index contributed by atoms with van der Waals surface area (Å²) in [4.78, 5) is 11.2. The van der Waals surface area contributed by atoms with Crippen molar-refractivity contribution in [2.45, 2.75) is 29.9 Å². The number of carbonyl (C=O) groups excluding carboxylic acids is 1. The fourth-order valence-corrected chi connectivity index (χ4v) is 4.22. The monoisotopic (exact) mass is 286 g/mol. The Labute approximate surface area is 111 Å². The summed E-state index contributed by atoms with van der Waals surface area (Å²) in [5.41, 5.74) is 0.558. The normalized spacial score (nSPS) is 22.7. The Kier molecular flexibility index (Phi) is 3.62. The molecule has 1 aromatic carbocycles. The molecule has 0 aliphatic heterocycles. The van der Waals surface area contributed by atoms with E-state index in [1.54, 1.807) is 6.92 Å². The highest BCUT2D eigenvalue weighted by atomic mass is 32.2. The van der Waals surface area contributed by atoms with E-state index in [4.69, 9.17) is 0 Å². The van der Waals surface area contributed by atoms with Gasteiger partial charge in [0.05, 0.1) is 23.2 Å². The zero-order valence-electron chi connectivity index (χ0n) is 10.7. The van der Waals surface area contributed by atoms with Crippen molar-refractivity contribution in [1.29, 1.82) is 0 Å². The minimum atomic E-state index is -3.57. The van der Waals surface area contributed by atoms with Crippen LogP contribution >= 0.6 is 0 Å². The average Bonchev–Trinajstić information content (AvgIpc) is 2.25. The molecule has 2 rings (SSSR count). The lowest BCUT2D eigenvalue weighted by molar-refractivity contribution is -0.148. The Morgan fingerprint density at radius 2 is 1.95 bits per heavy atom. The van der Waals surface area contributed by atoms with Gasteiger partial charge in [-0.15, -0.1) is 0 Å². The number of ether oxygens (including phenoxy) is 1. The van der Waals surface area contributed by atoms with Crippen LogP contribution in [0.3, 0.4) is 0 Å². The van der Waals surface area contributed by atoms with E-state index in [1.807, 2.05) is 0 Å². The van der Waals surface area contributed by atoms with Crippen molar-refractivity contribution in [3.8, 4) is 0 Å². The van der Waals surface area contributed by atoms with Crippen LogP contribution in [0.5, 0.6) is 0 Å². The number of rotatable bonds is 3. The van der Waals surface area contributed by atoms with Gasteiger partial charge in [-0.05, 0) is 43.5 Å². The third-order valence-corrected chi connectivity index (χ3v) is 5.57. The van der Waals surface area contributed by atoms with Crippen molar-refractivity contribution in [2.24, 2.45) is 5.92 Å². The zero-order chi connectivity index (χ0) is 14.2. The molecule has 0 saturated heterocycles. The molecule has 0 amide bonds. The van der Waals surface area contributed by atoms with Crippen LogP contribution in [0, 0.1) is 18.7 Å². The standard InChI is InChI=1S/C13H15FO4S/c1-8-3-10(14)7-11(4-8)19(16,17)12-5-9(6-12)13(15)18-2/h3-4,7,9,12H,5-6H2,1-2H3. The molecule has 0 heterocycles. The van der Waals surface area contributed by atoms with Gasteiger partial charge >= 0.3 is 5.97 Å². The minimum absolute atomic E-state index is 0.0154. The summed E-state index contributed by atoms with van der Waals surface area (Å²) < 4.78 is 42.3. The molecule has 0 N–H and O–H groups in total. The molecule has 0 radical (unpaired) electrons. The first-order chi connectivity index (χ1) is 8.84. The zero-order valence-corrected chi connectivity index (χ0v) is 11.5. The largest absolute Gasteiger partial charge is 0.469 e. The van der Waals surface area contributed by atoms with Crippen molar-refractivity contribution < 1.29 is 22.3 Å². The van der Waals surface area contributed by atoms with Gasteiger partial charge in [-0.2, -0.15) is 0 Å². The smallest absolute Gasteiger partial charge is 0.308 e. The molecular weight excluding hydrogens is 271 g/mol. The van der Waals surface area contributed by atoms with Gasteiger partial charge in [-0.1, -0.05) is 0 Å². The Morgan fingerprint density at radius 1 is 1.32 bits per heavy atom. The van der Waals surface area contributed by atoms with Gasteiger partial charge in [0, 0.05) is 0 Å². The van der Waals surface area contributed by atoms with Crippen LogP contribution in [-0.4, -0.2) is 26.7 Å². The molecule has 1 aliphatic carbocycles. The first kappa shape index (κ1) is 14.0. The number of sulfone groups is 1. The minimum Gasteiger partial charge on any atom is -0.469 e. The van der Waals surface area contributed by atoms with Crippen LogP contribution in [0.4, 0.5) is 4.39 Å². The summed E-state index contributed by atoms with van der Waals surface area (Å²) in [6, 6.07) is 3.74. The highest BCUT2D eigenvalue weighted by molar-refractivity contribution is 7.92. The van der Waals surface area contributed by atoms with Crippen molar-refractivity contribution in [2.75, 3.05) is 7.11 Å². The van der Waals surface area contributed by atoms with Gasteiger partial charge in [-0.25, -0.2) is 12.8 Å². The Balaban J connectivity index is 2.19. The van der Waals surface area contributed by atoms with Gasteiger partial charge in [0.2, 0.25) is 0 Å². The molecule has 4 nitrogen and oxygen atoms in total. The average molecular weight is 286 g/mol. The molecule has 0 atom stereocenters. The second kappa shape index (κ2) is 4.92. The molecule has 104 valence electrons. The maximum Gasteiger partial charge on any atom is 0.308 e. The molecule has 6 heteroatoms. The van der Waals surface area contributed by atoms with E-state index in [0.29, 0.717) is 5.56 Å². The molecule has 19 heavy (non-hydrogen) atoms. The van der Waals surface area contributed by atoms with Gasteiger partial charge in [0.15, 0.2) is 9.84 Å². The molecule has 0 spiro atoms. The van der Waals surface area contributed by atoms with Gasteiger partial charge in [0.25, 0.3) is 0 Å². The SMILES string of the molecule is COC(=O)C1CC(S(=O)(=O)c2cc(C)cc(F)c2)C1. The highest BCUT2D eigenvalue weighted by Gasteiger charge is 2.43. The topological polar surface area (TPSA) is 60.4 Å². The first-order valence-corrected chi connectivity index (χ1v) is 7.48. The summed E-state index contributed by atoms with van der Waals surface area (Å²) in [6.07, 6.45) is 0.481. The van der Waals surface area contributed by atoms with Crippen molar-refractivity contribution in [3.05, 3.63) is 29.6 Å². The molecule has 1 aliphatic rings. The lowest BCUT2D eigenvalue weighted by Crippen LogP contribution is -2.40. The number of methoxy groups -OCH3 is 1. The quantitative estimate of drug-likeness (QED) is 0.796. The fourth-order valence-electron chi connectivity index (χ4n) is 2.24. The van der Waals surface area contributed by atoms with Crippen LogP contribution in [0.1, 0.15) is 18.4 Å². The maximum absolute atomic E-state index is 13.3. The van der Waals surface area contributed by atoms with Crippen LogP contribution in [0.15, 0.2) is 23.1 Å². The molecule has 1 aromatic rings. The lowest BCUT2D eigenvalue weighted by Gasteiger charge is -2.32. The summed E-state index contributed by atoms with van der Waals surface area (Å²) in [7, 11) is -2.29. The van der Waals surface area contributed by atoms with Gasteiger partial charge < -0.3 is 4.74 Å². The molecule has 0 aromatic heterocycles. The Bertz CT molecular complexity index is 583. The molecule has 0 bridgehead atoms. The number of halogens is 1. The number of aryl methyl sites for hydroxylation is 1. The van der Waals surface area contributed by atoms with E-state index in [9.17, 15) is 17.6 Å². The molecule has 0 unspecified atom stereocenters. The van der Waals surface area contributed by atoms with E-state index in [0.717, 1.165) is 6.07 Å². The first-order valence-electron chi connectivity index (χ1n) is 5.93. The summed E-state index contributed by atoms with van der Waals surface area (Å²) in [5.74, 6) is -1.32. The van der Waals surface area contributed by atoms with Crippen LogP contribution in [0.25, 0.3) is 0 Å². The summed E-state index contributed by atoms with van der Waals surface area (Å²) in [6.45, 7) is 1.64. The van der Waals surface area contributed by atoms with Crippen molar-refractivity contribution >= 4 is 15.8 Å². The fraction of sp³-hybridized carbons (Fsp3) is 0.462. The van der Waals surface area contributed by atoms with E-state index in [2.05, 4.69) is 4.74 Å². The van der Waals surface area contributed by atoms with Crippen molar-refractivity contribution in [1.82, 2.24) is 0 Å². The summed E-state index contributed by atoms with van der Waals surface area (Å²) in [5, 5.41) is -0.627. The maximum atomic E-state index is 13.3. The predicted molar refractivity (Wildman–Crippen MR) is 66.9 cm³/mol. The number of hydrogen-bond acceptors (Lipinski definition) is 4. The van der Waals surface area contributed by atoms with E-state index >= 15 is 0 Å². The van der Waals surface area contributed by atoms with E-state index < -0.39 is 20.9 Å². The second-order valence-corrected chi connectivity index (χ2v) is 7.05. The van der Waals surface area contributed by atoms with Gasteiger partial charge in [0.1, 0.15) is 5.82 Å². The van der Waals surface area contributed by atoms with Crippen molar-refractivity contribution in [3.63, 3.8) is 0 Å². The number of esters is 1. The predicted octanol–water partition coefficient (Wildman–Crippen LogP) is 1.86. The Hall–Kier alpha value is -1.43. The lowest BCUT2D eigenvalue weighted by atomic mass is 9.85. The number of carbonyl (C=O) groups is 1. The Morgan fingerprint density at radius 3 is 2.47 bits per heavy atom. The van der Waals surface area contributed by atoms with Crippen LogP contribution in [-0.2, 0) is 19.4 Å². The molecular formula is C13H15FO4S. The second-order valence-electron chi connectivity index (χ2n) is 4.82. The third kappa shape index (κ3) is 2.63. The molecule has 1 fully saturated rings. The van der Waals surface area contributed by atoms with E-state index in [-0.39, 0.29) is 29.6 Å². The van der Waals surface area contributed by atoms with Crippen LogP contribution in [0.2, 0.25) is 0 Å². The number of benzene rings is 1. The van der Waals surface area contributed by atoms with E-state index in [1.165, 1.54) is 19.2 Å². The highest BCUT2D eigenvalue weighted by Crippen LogP contribution is 2.37. The van der Waals surface area contributed by atoms with Gasteiger partial charge in [-0.3, -0.25) is 4.79 Å². The molecule has 1 saturated carbocycles.